The molecule has 0 saturated heterocycles. The van der Waals surface area contributed by atoms with Gasteiger partial charge in [0.2, 0.25) is 0 Å². The Balaban J connectivity index is 1.49. The van der Waals surface area contributed by atoms with Crippen LogP contribution in [0.15, 0.2) is 127 Å². The molecular formula is C32H21ClN2. The maximum Gasteiger partial charge on any atom is 0.0718 e. The van der Waals surface area contributed by atoms with Crippen LogP contribution < -0.4 is 9.80 Å². The fourth-order valence-corrected chi connectivity index (χ4v) is 5.32. The molecule has 0 saturated carbocycles. The van der Waals surface area contributed by atoms with E-state index in [4.69, 9.17) is 11.6 Å². The number of rotatable bonds is 2. The van der Waals surface area contributed by atoms with Gasteiger partial charge in [-0.05, 0) is 76.1 Å². The molecule has 0 aromatic heterocycles. The molecule has 0 unspecified atom stereocenters. The van der Waals surface area contributed by atoms with Gasteiger partial charge in [-0.2, -0.15) is 0 Å². The van der Waals surface area contributed by atoms with E-state index in [2.05, 4.69) is 131 Å². The van der Waals surface area contributed by atoms with E-state index in [-0.39, 0.29) is 0 Å². The number of benzene rings is 6. The smallest absolute Gasteiger partial charge is 0.0718 e. The van der Waals surface area contributed by atoms with Gasteiger partial charge in [-0.1, -0.05) is 84.4 Å². The molecular weight excluding hydrogens is 448 g/mol. The van der Waals surface area contributed by atoms with Gasteiger partial charge in [0.1, 0.15) is 0 Å². The van der Waals surface area contributed by atoms with Crippen LogP contribution in [0.5, 0.6) is 0 Å². The standard InChI is InChI=1S/C32H21ClN2/c33-26-15-18-31-32(21-26)35(28-17-14-23-8-2-4-10-25(23)20-28)30-12-6-5-11-29(30)34(31)27-16-13-22-7-1-3-9-24(22)19-27/h1-21H. The summed E-state index contributed by atoms with van der Waals surface area (Å²) in [7, 11) is 0. The van der Waals surface area contributed by atoms with Crippen molar-refractivity contribution in [3.05, 3.63) is 132 Å². The van der Waals surface area contributed by atoms with Crippen LogP contribution in [0.2, 0.25) is 5.02 Å². The summed E-state index contributed by atoms with van der Waals surface area (Å²) in [5.74, 6) is 0. The Hall–Kier alpha value is -4.27. The lowest BCUT2D eigenvalue weighted by Gasteiger charge is -2.40. The molecule has 1 aliphatic rings. The minimum atomic E-state index is 0.715. The Morgan fingerprint density at radius 2 is 0.829 bits per heavy atom. The van der Waals surface area contributed by atoms with E-state index in [1.165, 1.54) is 21.5 Å². The highest BCUT2D eigenvalue weighted by Gasteiger charge is 2.30. The number of para-hydroxylation sites is 2. The van der Waals surface area contributed by atoms with Gasteiger partial charge in [0.15, 0.2) is 0 Å². The summed E-state index contributed by atoms with van der Waals surface area (Å²) >= 11 is 6.58. The van der Waals surface area contributed by atoms with Crippen molar-refractivity contribution in [3.63, 3.8) is 0 Å². The predicted octanol–water partition coefficient (Wildman–Crippen LogP) is 9.90. The molecule has 6 aromatic carbocycles. The van der Waals surface area contributed by atoms with Gasteiger partial charge in [0.05, 0.1) is 22.7 Å². The molecule has 0 atom stereocenters. The van der Waals surface area contributed by atoms with Crippen LogP contribution in [-0.4, -0.2) is 0 Å². The van der Waals surface area contributed by atoms with Crippen molar-refractivity contribution in [2.24, 2.45) is 0 Å². The molecule has 7 rings (SSSR count). The van der Waals surface area contributed by atoms with Gasteiger partial charge >= 0.3 is 0 Å². The minimum absolute atomic E-state index is 0.715. The second-order valence-electron chi connectivity index (χ2n) is 8.86. The molecule has 2 nitrogen and oxygen atoms in total. The average Bonchev–Trinajstić information content (AvgIpc) is 2.91. The average molecular weight is 469 g/mol. The largest absolute Gasteiger partial charge is 0.306 e. The second kappa shape index (κ2) is 7.90. The number of hydrogen-bond acceptors (Lipinski definition) is 2. The van der Waals surface area contributed by atoms with Crippen LogP contribution in [-0.2, 0) is 0 Å². The lowest BCUT2D eigenvalue weighted by atomic mass is 10.0. The summed E-state index contributed by atoms with van der Waals surface area (Å²) < 4.78 is 0. The molecule has 0 spiro atoms. The number of nitrogens with zero attached hydrogens (tertiary/aromatic N) is 2. The van der Waals surface area contributed by atoms with Crippen molar-refractivity contribution in [1.29, 1.82) is 0 Å². The van der Waals surface area contributed by atoms with Crippen LogP contribution in [0.4, 0.5) is 34.1 Å². The van der Waals surface area contributed by atoms with Crippen molar-refractivity contribution < 1.29 is 0 Å². The summed E-state index contributed by atoms with van der Waals surface area (Å²) in [4.78, 5) is 4.66. The number of anilines is 6. The molecule has 0 fully saturated rings. The van der Waals surface area contributed by atoms with Crippen molar-refractivity contribution in [2.75, 3.05) is 9.80 Å². The first-order valence-electron chi connectivity index (χ1n) is 11.7. The maximum atomic E-state index is 6.58. The van der Waals surface area contributed by atoms with E-state index in [1.807, 2.05) is 6.07 Å². The molecule has 0 bridgehead atoms. The number of hydrogen-bond donors (Lipinski definition) is 0. The third-order valence-corrected chi connectivity index (χ3v) is 7.00. The molecule has 6 aromatic rings. The summed E-state index contributed by atoms with van der Waals surface area (Å²) in [6.45, 7) is 0. The normalized spacial score (nSPS) is 12.6. The van der Waals surface area contributed by atoms with Crippen molar-refractivity contribution in [1.82, 2.24) is 0 Å². The molecule has 1 heterocycles. The van der Waals surface area contributed by atoms with Crippen LogP contribution in [0.3, 0.4) is 0 Å². The van der Waals surface area contributed by atoms with E-state index in [0.29, 0.717) is 5.02 Å². The summed E-state index contributed by atoms with van der Waals surface area (Å²) in [6, 6.07) is 45.0. The van der Waals surface area contributed by atoms with Gasteiger partial charge in [-0.15, -0.1) is 0 Å². The predicted molar refractivity (Wildman–Crippen MR) is 149 cm³/mol. The maximum absolute atomic E-state index is 6.58. The number of fused-ring (bicyclic) bond motifs is 4. The summed E-state index contributed by atoms with van der Waals surface area (Å²) in [6.07, 6.45) is 0. The lowest BCUT2D eigenvalue weighted by molar-refractivity contribution is 1.17. The lowest BCUT2D eigenvalue weighted by Crippen LogP contribution is -2.24. The van der Waals surface area contributed by atoms with Gasteiger partial charge in [-0.25, -0.2) is 0 Å². The molecule has 1 aliphatic heterocycles. The van der Waals surface area contributed by atoms with E-state index >= 15 is 0 Å². The molecule has 0 radical (unpaired) electrons. The first-order chi connectivity index (χ1) is 17.3. The minimum Gasteiger partial charge on any atom is -0.306 e. The van der Waals surface area contributed by atoms with Crippen LogP contribution in [0, 0.1) is 0 Å². The van der Waals surface area contributed by atoms with E-state index in [9.17, 15) is 0 Å². The van der Waals surface area contributed by atoms with E-state index < -0.39 is 0 Å². The Bertz CT molecular complexity index is 1740. The van der Waals surface area contributed by atoms with Crippen LogP contribution in [0.25, 0.3) is 21.5 Å². The first-order valence-corrected chi connectivity index (χ1v) is 12.1. The molecule has 0 amide bonds. The van der Waals surface area contributed by atoms with Gasteiger partial charge in [0.25, 0.3) is 0 Å². The van der Waals surface area contributed by atoms with Gasteiger partial charge in [-0.3, -0.25) is 0 Å². The van der Waals surface area contributed by atoms with Crippen molar-refractivity contribution >= 4 is 67.3 Å². The zero-order chi connectivity index (χ0) is 23.4. The quantitative estimate of drug-likeness (QED) is 0.249. The van der Waals surface area contributed by atoms with Gasteiger partial charge in [0, 0.05) is 16.4 Å². The molecule has 0 N–H and O–H groups in total. The third kappa shape index (κ3) is 3.26. The monoisotopic (exact) mass is 468 g/mol. The van der Waals surface area contributed by atoms with Crippen molar-refractivity contribution in [2.45, 2.75) is 0 Å². The molecule has 35 heavy (non-hydrogen) atoms. The zero-order valence-electron chi connectivity index (χ0n) is 18.9. The van der Waals surface area contributed by atoms with Crippen LogP contribution in [0.1, 0.15) is 0 Å². The molecule has 3 heteroatoms. The number of halogens is 1. The highest BCUT2D eigenvalue weighted by molar-refractivity contribution is 6.31. The molecule has 0 aliphatic carbocycles. The van der Waals surface area contributed by atoms with Gasteiger partial charge < -0.3 is 9.80 Å². The summed E-state index contributed by atoms with van der Waals surface area (Å²) in [5.41, 5.74) is 6.63. The Kier molecular flexibility index (Phi) is 4.54. The second-order valence-corrected chi connectivity index (χ2v) is 9.29. The Labute approximate surface area is 209 Å². The fraction of sp³-hybridized carbons (Fsp3) is 0. The highest BCUT2D eigenvalue weighted by Crippen LogP contribution is 2.54. The SMILES string of the molecule is Clc1ccc2c(c1)N(c1ccc3ccccc3c1)c1ccccc1N2c1ccc2ccccc2c1. The summed E-state index contributed by atoms with van der Waals surface area (Å²) in [5, 5.41) is 5.60. The molecule has 166 valence electrons. The Morgan fingerprint density at radius 1 is 0.371 bits per heavy atom. The van der Waals surface area contributed by atoms with Crippen LogP contribution >= 0.6 is 11.6 Å². The third-order valence-electron chi connectivity index (χ3n) is 6.77. The van der Waals surface area contributed by atoms with E-state index in [1.54, 1.807) is 0 Å². The Morgan fingerprint density at radius 3 is 1.40 bits per heavy atom. The van der Waals surface area contributed by atoms with E-state index in [0.717, 1.165) is 34.1 Å². The fourth-order valence-electron chi connectivity index (χ4n) is 5.15. The topological polar surface area (TPSA) is 6.48 Å². The highest BCUT2D eigenvalue weighted by atomic mass is 35.5. The first kappa shape index (κ1) is 20.1. The zero-order valence-corrected chi connectivity index (χ0v) is 19.7. The van der Waals surface area contributed by atoms with Crippen molar-refractivity contribution in [3.8, 4) is 0 Å².